The number of carbonyl (C=O) groups excluding carboxylic acids is 2. The van der Waals surface area contributed by atoms with Gasteiger partial charge in [0, 0.05) is 37.4 Å². The predicted octanol–water partition coefficient (Wildman–Crippen LogP) is 4.55. The van der Waals surface area contributed by atoms with Gasteiger partial charge in [-0.25, -0.2) is 0 Å². The molecule has 2 N–H and O–H groups in total. The van der Waals surface area contributed by atoms with Gasteiger partial charge in [0.05, 0.1) is 22.6 Å². The lowest BCUT2D eigenvalue weighted by molar-refractivity contribution is -0.132. The Morgan fingerprint density at radius 3 is 2.78 bits per heavy atom. The summed E-state index contributed by atoms with van der Waals surface area (Å²) in [6.07, 6.45) is 3.44. The molecule has 1 aliphatic heterocycles. The molecule has 4 atom stereocenters. The summed E-state index contributed by atoms with van der Waals surface area (Å²) >= 11 is 12.1. The van der Waals surface area contributed by atoms with Crippen molar-refractivity contribution in [1.29, 1.82) is 0 Å². The van der Waals surface area contributed by atoms with Gasteiger partial charge in [-0.15, -0.1) is 6.58 Å². The summed E-state index contributed by atoms with van der Waals surface area (Å²) in [5.41, 5.74) is 1.43. The Labute approximate surface area is 222 Å². The molecule has 2 aliphatic rings. The van der Waals surface area contributed by atoms with Crippen LogP contribution in [0, 0.1) is 5.92 Å². The molecule has 8 heteroatoms. The molecule has 1 amide bonds. The van der Waals surface area contributed by atoms with E-state index in [-0.39, 0.29) is 35.7 Å². The van der Waals surface area contributed by atoms with Crippen molar-refractivity contribution in [2.24, 2.45) is 5.92 Å². The third-order valence-electron chi connectivity index (χ3n) is 7.41. The third-order valence-corrected chi connectivity index (χ3v) is 8.15. The van der Waals surface area contributed by atoms with E-state index in [0.717, 1.165) is 37.2 Å². The van der Waals surface area contributed by atoms with Gasteiger partial charge >= 0.3 is 5.97 Å². The molecular formula is C28H32Cl2N2O4. The highest BCUT2D eigenvalue weighted by molar-refractivity contribution is 6.42. The number of aliphatic hydroxyl groups is 1. The quantitative estimate of drug-likeness (QED) is 0.312. The van der Waals surface area contributed by atoms with Gasteiger partial charge < -0.3 is 15.2 Å². The van der Waals surface area contributed by atoms with Crippen molar-refractivity contribution in [3.05, 3.63) is 76.3 Å². The molecular weight excluding hydrogens is 499 g/mol. The molecule has 36 heavy (non-hydrogen) atoms. The Hall–Kier alpha value is -2.38. The van der Waals surface area contributed by atoms with Crippen molar-refractivity contribution >= 4 is 35.1 Å². The average Bonchev–Trinajstić information content (AvgIpc) is 2.82. The van der Waals surface area contributed by atoms with Crippen LogP contribution in [-0.2, 0) is 21.4 Å². The van der Waals surface area contributed by atoms with Crippen molar-refractivity contribution < 1.29 is 19.4 Å². The van der Waals surface area contributed by atoms with E-state index in [4.69, 9.17) is 27.9 Å². The SMILES string of the molecule is C=CCN1CC[C@@]2(c3cccc(OC(C)=O)c3)C[C@H](NC(=O)Cc3ccc(Cl)c(Cl)c3)CC(O)[C@@H]2C1. The summed E-state index contributed by atoms with van der Waals surface area (Å²) in [5, 5.41) is 15.4. The lowest BCUT2D eigenvalue weighted by Crippen LogP contribution is -2.61. The molecule has 1 heterocycles. The molecule has 1 unspecified atom stereocenters. The molecule has 1 saturated carbocycles. The largest absolute Gasteiger partial charge is 0.427 e. The molecule has 6 nitrogen and oxygen atoms in total. The first-order valence-electron chi connectivity index (χ1n) is 12.2. The van der Waals surface area contributed by atoms with Crippen LogP contribution in [0.15, 0.2) is 55.1 Å². The summed E-state index contributed by atoms with van der Waals surface area (Å²) in [4.78, 5) is 26.8. The second-order valence-electron chi connectivity index (χ2n) is 9.88. The van der Waals surface area contributed by atoms with Crippen molar-refractivity contribution in [2.45, 2.75) is 50.2 Å². The van der Waals surface area contributed by atoms with Crippen molar-refractivity contribution in [1.82, 2.24) is 10.2 Å². The van der Waals surface area contributed by atoms with Gasteiger partial charge in [0.25, 0.3) is 0 Å². The van der Waals surface area contributed by atoms with Crippen LogP contribution in [0.1, 0.15) is 37.3 Å². The van der Waals surface area contributed by atoms with Crippen LogP contribution in [0.3, 0.4) is 0 Å². The molecule has 0 bridgehead atoms. The number of likely N-dealkylation sites (tertiary alicyclic amines) is 1. The van der Waals surface area contributed by atoms with Gasteiger partial charge in [-0.2, -0.15) is 0 Å². The number of carbonyl (C=O) groups is 2. The molecule has 1 aliphatic carbocycles. The predicted molar refractivity (Wildman–Crippen MR) is 142 cm³/mol. The van der Waals surface area contributed by atoms with E-state index in [1.165, 1.54) is 6.92 Å². The van der Waals surface area contributed by atoms with Crippen LogP contribution < -0.4 is 10.1 Å². The van der Waals surface area contributed by atoms with Crippen LogP contribution >= 0.6 is 23.2 Å². The molecule has 192 valence electrons. The second kappa shape index (κ2) is 11.3. The topological polar surface area (TPSA) is 78.9 Å². The molecule has 0 aromatic heterocycles. The second-order valence-corrected chi connectivity index (χ2v) is 10.7. The number of esters is 1. The van der Waals surface area contributed by atoms with Crippen LogP contribution in [-0.4, -0.2) is 53.7 Å². The summed E-state index contributed by atoms with van der Waals surface area (Å²) in [7, 11) is 0. The maximum atomic E-state index is 13.0. The van der Waals surface area contributed by atoms with E-state index >= 15 is 0 Å². The number of amides is 1. The maximum absolute atomic E-state index is 13.0. The van der Waals surface area contributed by atoms with Crippen molar-refractivity contribution in [3.8, 4) is 5.75 Å². The van der Waals surface area contributed by atoms with Crippen LogP contribution in [0.4, 0.5) is 0 Å². The molecule has 2 aromatic rings. The highest BCUT2D eigenvalue weighted by Crippen LogP contribution is 2.49. The normalized spacial score (nSPS) is 26.1. The number of hydrogen-bond acceptors (Lipinski definition) is 5. The zero-order valence-corrected chi connectivity index (χ0v) is 21.9. The van der Waals surface area contributed by atoms with E-state index in [1.807, 2.05) is 24.3 Å². The lowest BCUT2D eigenvalue weighted by atomic mass is 9.57. The summed E-state index contributed by atoms with van der Waals surface area (Å²) in [6.45, 7) is 7.58. The number of nitrogens with zero attached hydrogens (tertiary/aromatic N) is 1. The minimum Gasteiger partial charge on any atom is -0.427 e. The van der Waals surface area contributed by atoms with Gasteiger partial charge in [0.15, 0.2) is 0 Å². The Balaban J connectivity index is 1.58. The van der Waals surface area contributed by atoms with E-state index in [2.05, 4.69) is 16.8 Å². The number of nitrogens with one attached hydrogen (secondary N) is 1. The fraction of sp³-hybridized carbons (Fsp3) is 0.429. The Bertz CT molecular complexity index is 1140. The Morgan fingerprint density at radius 2 is 2.06 bits per heavy atom. The number of benzene rings is 2. The maximum Gasteiger partial charge on any atom is 0.308 e. The molecule has 0 radical (unpaired) electrons. The fourth-order valence-corrected chi connectivity index (χ4v) is 6.21. The van der Waals surface area contributed by atoms with Crippen LogP contribution in [0.2, 0.25) is 10.0 Å². The average molecular weight is 531 g/mol. The number of ether oxygens (including phenoxy) is 1. The molecule has 2 aromatic carbocycles. The Kier molecular flexibility index (Phi) is 8.41. The van der Waals surface area contributed by atoms with Crippen LogP contribution in [0.5, 0.6) is 5.75 Å². The number of halogens is 2. The van der Waals surface area contributed by atoms with E-state index in [9.17, 15) is 14.7 Å². The standard InChI is InChI=1S/C28H32Cl2N2O4/c1-3-10-32-11-9-28(20-5-4-6-22(14-20)36-18(2)33)16-21(15-26(34)23(28)17-32)31-27(35)13-19-7-8-24(29)25(30)12-19/h3-8,12,14,21,23,26,34H,1,9-11,13,15-17H2,2H3,(H,31,35)/t21-,23+,26?,28+/m1/s1. The van der Waals surface area contributed by atoms with Gasteiger partial charge in [0.1, 0.15) is 5.75 Å². The summed E-state index contributed by atoms with van der Waals surface area (Å²) in [6, 6.07) is 12.6. The van der Waals surface area contributed by atoms with Gasteiger partial charge in [-0.1, -0.05) is 47.5 Å². The van der Waals surface area contributed by atoms with E-state index < -0.39 is 6.10 Å². The zero-order chi connectivity index (χ0) is 25.9. The number of piperidine rings is 1. The lowest BCUT2D eigenvalue weighted by Gasteiger charge is -2.54. The first-order chi connectivity index (χ1) is 17.2. The minimum atomic E-state index is -0.598. The highest BCUT2D eigenvalue weighted by atomic mass is 35.5. The van der Waals surface area contributed by atoms with Crippen molar-refractivity contribution in [2.75, 3.05) is 19.6 Å². The first kappa shape index (κ1) is 26.7. The number of aliphatic hydroxyl groups excluding tert-OH is 1. The molecule has 1 saturated heterocycles. The summed E-state index contributed by atoms with van der Waals surface area (Å²) < 4.78 is 5.37. The highest BCUT2D eigenvalue weighted by Gasteiger charge is 2.52. The number of hydrogen-bond donors (Lipinski definition) is 2. The molecule has 2 fully saturated rings. The van der Waals surface area contributed by atoms with Crippen LogP contribution in [0.25, 0.3) is 0 Å². The molecule has 0 spiro atoms. The zero-order valence-electron chi connectivity index (χ0n) is 20.4. The van der Waals surface area contributed by atoms with E-state index in [0.29, 0.717) is 28.6 Å². The van der Waals surface area contributed by atoms with E-state index in [1.54, 1.807) is 24.3 Å². The first-order valence-corrected chi connectivity index (χ1v) is 13.0. The van der Waals surface area contributed by atoms with Gasteiger partial charge in [-0.05, 0) is 61.2 Å². The fourth-order valence-electron chi connectivity index (χ4n) is 5.89. The van der Waals surface area contributed by atoms with Gasteiger partial charge in [0.2, 0.25) is 5.91 Å². The monoisotopic (exact) mass is 530 g/mol. The molecule has 4 rings (SSSR count). The number of rotatable bonds is 7. The van der Waals surface area contributed by atoms with Gasteiger partial charge in [-0.3, -0.25) is 14.5 Å². The number of fused-ring (bicyclic) bond motifs is 1. The Morgan fingerprint density at radius 1 is 1.25 bits per heavy atom. The smallest absolute Gasteiger partial charge is 0.308 e. The summed E-state index contributed by atoms with van der Waals surface area (Å²) in [5.74, 6) is -0.0426. The van der Waals surface area contributed by atoms with Crippen molar-refractivity contribution in [3.63, 3.8) is 0 Å². The minimum absolute atomic E-state index is 0.0259. The third kappa shape index (κ3) is 5.94.